The van der Waals surface area contributed by atoms with Crippen LogP contribution < -0.4 is 14.2 Å². The van der Waals surface area contributed by atoms with E-state index in [1.165, 1.54) is 6.08 Å². The summed E-state index contributed by atoms with van der Waals surface area (Å²) in [6.07, 6.45) is 1.71. The maximum absolute atomic E-state index is 10.6. The molecule has 6 heteroatoms. The molecule has 98 valence electrons. The zero-order valence-electron chi connectivity index (χ0n) is 10.1. The van der Waals surface area contributed by atoms with Crippen molar-refractivity contribution in [1.29, 1.82) is 5.26 Å². The number of benzene rings is 1. The lowest BCUT2D eigenvalue weighted by Crippen LogP contribution is -2.09. The van der Waals surface area contributed by atoms with Crippen LogP contribution in [0.3, 0.4) is 0 Å². The largest absolute Gasteiger partial charge is 0.478 e. The summed E-state index contributed by atoms with van der Waals surface area (Å²) in [4.78, 5) is 10.6. The van der Waals surface area contributed by atoms with E-state index in [4.69, 9.17) is 24.6 Å². The molecule has 0 aliphatic carbocycles. The van der Waals surface area contributed by atoms with E-state index >= 15 is 0 Å². The normalized spacial score (nSPS) is 14.1. The number of hydrogen-bond acceptors (Lipinski definition) is 5. The van der Waals surface area contributed by atoms with Crippen LogP contribution in [0, 0.1) is 11.3 Å². The summed E-state index contributed by atoms with van der Waals surface area (Å²) >= 11 is 0. The lowest BCUT2D eigenvalue weighted by Gasteiger charge is -2.11. The Labute approximate surface area is 109 Å². The van der Waals surface area contributed by atoms with Gasteiger partial charge in [0.25, 0.3) is 0 Å². The van der Waals surface area contributed by atoms with Crippen LogP contribution >= 0.6 is 0 Å². The number of carboxylic acid groups (broad SMARTS) is 1. The van der Waals surface area contributed by atoms with Crippen molar-refractivity contribution < 1.29 is 24.1 Å². The third kappa shape index (κ3) is 2.96. The Bertz CT molecular complexity index is 573. The van der Waals surface area contributed by atoms with E-state index in [0.29, 0.717) is 22.8 Å². The zero-order chi connectivity index (χ0) is 13.8. The van der Waals surface area contributed by atoms with E-state index in [2.05, 4.69) is 0 Å². The predicted octanol–water partition coefficient (Wildman–Crippen LogP) is 1.80. The number of hydrogen-bond donors (Lipinski definition) is 1. The van der Waals surface area contributed by atoms with Crippen molar-refractivity contribution >= 4 is 12.0 Å². The van der Waals surface area contributed by atoms with E-state index < -0.39 is 12.1 Å². The average Bonchev–Trinajstić information content (AvgIpc) is 2.82. The summed E-state index contributed by atoms with van der Waals surface area (Å²) in [6, 6.07) is 5.13. The van der Waals surface area contributed by atoms with Gasteiger partial charge in [-0.15, -0.1) is 0 Å². The monoisotopic (exact) mass is 261 g/mol. The molecule has 1 heterocycles. The fraction of sp³-hybridized carbons (Fsp3) is 0.231. The number of aliphatic carboxylic acids is 1. The molecule has 0 radical (unpaired) electrons. The van der Waals surface area contributed by atoms with E-state index in [-0.39, 0.29) is 6.79 Å². The number of fused-ring (bicyclic) bond motifs is 1. The highest BCUT2D eigenvalue weighted by molar-refractivity contribution is 5.86. The molecule has 1 aliphatic rings. The zero-order valence-corrected chi connectivity index (χ0v) is 10.1. The standard InChI is InChI=1S/C13H11NO5/c1-8(6-14)19-10-5-12-11(17-7-18-12)4-9(10)2-3-13(15)16/h2-5,8H,7H2,1H3,(H,15,16). The van der Waals surface area contributed by atoms with Crippen LogP contribution in [0.1, 0.15) is 12.5 Å². The first-order valence-corrected chi connectivity index (χ1v) is 5.51. The molecule has 1 N–H and O–H groups in total. The Kier molecular flexibility index (Phi) is 3.57. The first-order chi connectivity index (χ1) is 9.10. The molecule has 1 aromatic rings. The fourth-order valence-electron chi connectivity index (χ4n) is 1.55. The van der Waals surface area contributed by atoms with Gasteiger partial charge in [0.1, 0.15) is 11.8 Å². The van der Waals surface area contributed by atoms with Gasteiger partial charge in [-0.25, -0.2) is 4.79 Å². The SMILES string of the molecule is CC(C#N)Oc1cc2c(cc1C=CC(=O)O)OCO2. The van der Waals surface area contributed by atoms with Gasteiger partial charge in [-0.2, -0.15) is 5.26 Å². The van der Waals surface area contributed by atoms with Crippen molar-refractivity contribution in [3.8, 4) is 23.3 Å². The molecule has 0 amide bonds. The number of rotatable bonds is 4. The quantitative estimate of drug-likeness (QED) is 0.831. The molecule has 0 saturated heterocycles. The highest BCUT2D eigenvalue weighted by Crippen LogP contribution is 2.39. The van der Waals surface area contributed by atoms with Crippen LogP contribution in [0.4, 0.5) is 0 Å². The third-order valence-electron chi connectivity index (χ3n) is 2.40. The minimum atomic E-state index is -1.07. The molecule has 0 aromatic heterocycles. The van der Waals surface area contributed by atoms with Gasteiger partial charge in [-0.3, -0.25) is 0 Å². The van der Waals surface area contributed by atoms with Gasteiger partial charge < -0.3 is 19.3 Å². The molecule has 1 aliphatic heterocycles. The van der Waals surface area contributed by atoms with Gasteiger partial charge in [0.05, 0.1) is 0 Å². The van der Waals surface area contributed by atoms with Crippen LogP contribution in [0.15, 0.2) is 18.2 Å². The molecule has 19 heavy (non-hydrogen) atoms. The highest BCUT2D eigenvalue weighted by Gasteiger charge is 2.18. The van der Waals surface area contributed by atoms with Crippen LogP contribution in [-0.2, 0) is 4.79 Å². The van der Waals surface area contributed by atoms with Gasteiger partial charge in [0.15, 0.2) is 17.6 Å². The number of nitriles is 1. The third-order valence-corrected chi connectivity index (χ3v) is 2.40. The predicted molar refractivity (Wildman–Crippen MR) is 64.9 cm³/mol. The second-order valence-electron chi connectivity index (χ2n) is 3.80. The summed E-state index contributed by atoms with van der Waals surface area (Å²) in [5.74, 6) is 0.322. The van der Waals surface area contributed by atoms with Crippen molar-refractivity contribution in [2.45, 2.75) is 13.0 Å². The average molecular weight is 261 g/mol. The molecule has 0 bridgehead atoms. The Morgan fingerprint density at radius 3 is 2.84 bits per heavy atom. The lowest BCUT2D eigenvalue weighted by molar-refractivity contribution is -0.131. The Hall–Kier alpha value is -2.68. The van der Waals surface area contributed by atoms with E-state index in [9.17, 15) is 4.79 Å². The van der Waals surface area contributed by atoms with Crippen LogP contribution in [0.25, 0.3) is 6.08 Å². The Balaban J connectivity index is 2.38. The van der Waals surface area contributed by atoms with E-state index in [1.54, 1.807) is 19.1 Å². The van der Waals surface area contributed by atoms with Crippen LogP contribution in [-0.4, -0.2) is 24.0 Å². The van der Waals surface area contributed by atoms with Crippen molar-refractivity contribution in [3.63, 3.8) is 0 Å². The molecular weight excluding hydrogens is 250 g/mol. The van der Waals surface area contributed by atoms with Crippen molar-refractivity contribution in [2.24, 2.45) is 0 Å². The number of carboxylic acids is 1. The highest BCUT2D eigenvalue weighted by atomic mass is 16.7. The minimum Gasteiger partial charge on any atom is -0.478 e. The molecule has 1 unspecified atom stereocenters. The second-order valence-corrected chi connectivity index (χ2v) is 3.80. The maximum atomic E-state index is 10.6. The lowest BCUT2D eigenvalue weighted by atomic mass is 10.1. The molecule has 0 saturated carbocycles. The van der Waals surface area contributed by atoms with E-state index in [1.807, 2.05) is 6.07 Å². The first kappa shape index (κ1) is 12.8. The molecule has 1 atom stereocenters. The van der Waals surface area contributed by atoms with Gasteiger partial charge in [-0.05, 0) is 19.1 Å². The number of ether oxygens (including phenoxy) is 3. The summed E-state index contributed by atoms with van der Waals surface area (Å²) in [7, 11) is 0. The first-order valence-electron chi connectivity index (χ1n) is 5.51. The summed E-state index contributed by atoms with van der Waals surface area (Å²) in [6.45, 7) is 1.70. The minimum absolute atomic E-state index is 0.106. The molecular formula is C13H11NO5. The second kappa shape index (κ2) is 5.31. The molecule has 0 spiro atoms. The Morgan fingerprint density at radius 1 is 1.53 bits per heavy atom. The van der Waals surface area contributed by atoms with Gasteiger partial charge in [0.2, 0.25) is 6.79 Å². The van der Waals surface area contributed by atoms with Gasteiger partial charge >= 0.3 is 5.97 Å². The summed E-state index contributed by atoms with van der Waals surface area (Å²) < 4.78 is 15.8. The maximum Gasteiger partial charge on any atom is 0.328 e. The number of nitrogens with zero attached hydrogens (tertiary/aromatic N) is 1. The molecule has 2 rings (SSSR count). The summed E-state index contributed by atoms with van der Waals surface area (Å²) in [5, 5.41) is 17.4. The molecule has 6 nitrogen and oxygen atoms in total. The molecule has 1 aromatic carbocycles. The fourth-order valence-corrected chi connectivity index (χ4v) is 1.55. The van der Waals surface area contributed by atoms with Crippen molar-refractivity contribution in [2.75, 3.05) is 6.79 Å². The summed E-state index contributed by atoms with van der Waals surface area (Å²) in [5.41, 5.74) is 0.508. The van der Waals surface area contributed by atoms with Crippen molar-refractivity contribution in [1.82, 2.24) is 0 Å². The van der Waals surface area contributed by atoms with Crippen molar-refractivity contribution in [3.05, 3.63) is 23.8 Å². The smallest absolute Gasteiger partial charge is 0.328 e. The Morgan fingerprint density at radius 2 is 2.21 bits per heavy atom. The van der Waals surface area contributed by atoms with Gasteiger partial charge in [0, 0.05) is 17.7 Å². The van der Waals surface area contributed by atoms with Crippen LogP contribution in [0.2, 0.25) is 0 Å². The van der Waals surface area contributed by atoms with Crippen LogP contribution in [0.5, 0.6) is 17.2 Å². The van der Waals surface area contributed by atoms with E-state index in [0.717, 1.165) is 6.08 Å². The topological polar surface area (TPSA) is 88.8 Å². The van der Waals surface area contributed by atoms with Gasteiger partial charge in [-0.1, -0.05) is 0 Å². The molecule has 0 fully saturated rings. The number of carbonyl (C=O) groups is 1.